The molecule has 0 unspecified atom stereocenters. The number of alkyl halides is 3. The van der Waals surface area contributed by atoms with E-state index in [4.69, 9.17) is 10.5 Å². The van der Waals surface area contributed by atoms with Crippen molar-refractivity contribution in [3.8, 4) is 17.6 Å². The lowest BCUT2D eigenvalue weighted by molar-refractivity contribution is -0.142. The zero-order valence-corrected chi connectivity index (χ0v) is 14.3. The average molecular weight is 382 g/mol. The number of para-hydroxylation sites is 1. The number of aromatic nitrogens is 2. The first-order valence-corrected chi connectivity index (χ1v) is 8.30. The second-order valence-corrected chi connectivity index (χ2v) is 6.15. The van der Waals surface area contributed by atoms with Crippen LogP contribution in [-0.4, -0.2) is 9.78 Å². The molecule has 0 amide bonds. The molecule has 0 radical (unpaired) electrons. The molecule has 2 aromatic carbocycles. The summed E-state index contributed by atoms with van der Waals surface area (Å²) in [4.78, 5) is 0. The fourth-order valence-electron chi connectivity index (χ4n) is 3.27. The van der Waals surface area contributed by atoms with Gasteiger partial charge in [0.25, 0.3) is 0 Å². The number of rotatable bonds is 2. The predicted octanol–water partition coefficient (Wildman–Crippen LogP) is 4.11. The standard InChI is InChI=1S/C20H13F3N4O/c21-20(22,23)17-16-15(12-7-3-1-4-8-12)14(11-24)18(25)28-19(16)27(26-17)13-9-5-2-6-10-13/h1-10,15H,25H2/t15-/m0/s1. The smallest absolute Gasteiger partial charge is 0.422 e. The van der Waals surface area contributed by atoms with Crippen molar-refractivity contribution in [1.29, 1.82) is 5.26 Å². The maximum absolute atomic E-state index is 13.9. The second-order valence-electron chi connectivity index (χ2n) is 6.15. The number of hydrogen-bond acceptors (Lipinski definition) is 4. The first-order valence-electron chi connectivity index (χ1n) is 8.30. The van der Waals surface area contributed by atoms with E-state index in [0.29, 0.717) is 11.3 Å². The summed E-state index contributed by atoms with van der Waals surface area (Å²) in [5, 5.41) is 13.3. The van der Waals surface area contributed by atoms with Gasteiger partial charge in [-0.1, -0.05) is 48.5 Å². The van der Waals surface area contributed by atoms with Gasteiger partial charge in [-0.25, -0.2) is 0 Å². The lowest BCUT2D eigenvalue weighted by atomic mass is 9.84. The van der Waals surface area contributed by atoms with Crippen molar-refractivity contribution in [3.05, 3.63) is 88.9 Å². The molecule has 1 atom stereocenters. The number of fused-ring (bicyclic) bond motifs is 1. The van der Waals surface area contributed by atoms with Gasteiger partial charge in [0.05, 0.1) is 17.2 Å². The van der Waals surface area contributed by atoms with E-state index in [1.165, 1.54) is 0 Å². The molecule has 2 heterocycles. The normalized spacial score (nSPS) is 16.3. The number of benzene rings is 2. The van der Waals surface area contributed by atoms with E-state index in [1.807, 2.05) is 6.07 Å². The summed E-state index contributed by atoms with van der Waals surface area (Å²) in [6.07, 6.45) is -4.74. The Labute approximate surface area is 158 Å². The van der Waals surface area contributed by atoms with Gasteiger partial charge in [-0.15, -0.1) is 0 Å². The molecular formula is C20H13F3N4O. The van der Waals surface area contributed by atoms with E-state index in [0.717, 1.165) is 4.68 Å². The van der Waals surface area contributed by atoms with Crippen molar-refractivity contribution in [2.24, 2.45) is 5.73 Å². The van der Waals surface area contributed by atoms with Crippen LogP contribution in [0.1, 0.15) is 22.7 Å². The molecule has 2 N–H and O–H groups in total. The third kappa shape index (κ3) is 2.77. The van der Waals surface area contributed by atoms with Gasteiger partial charge in [0.15, 0.2) is 5.69 Å². The molecule has 140 valence electrons. The van der Waals surface area contributed by atoms with Crippen molar-refractivity contribution in [2.75, 3.05) is 0 Å². The molecule has 4 rings (SSSR count). The predicted molar refractivity (Wildman–Crippen MR) is 94.3 cm³/mol. The van der Waals surface area contributed by atoms with Gasteiger partial charge in [-0.05, 0) is 17.7 Å². The molecule has 0 saturated carbocycles. The third-order valence-corrected chi connectivity index (χ3v) is 4.45. The number of hydrogen-bond donors (Lipinski definition) is 1. The summed E-state index contributed by atoms with van der Waals surface area (Å²) in [7, 11) is 0. The largest absolute Gasteiger partial charge is 0.435 e. The van der Waals surface area contributed by atoms with Crippen molar-refractivity contribution >= 4 is 0 Å². The monoisotopic (exact) mass is 382 g/mol. The summed E-state index contributed by atoms with van der Waals surface area (Å²) in [6.45, 7) is 0. The number of nitrogens with two attached hydrogens (primary N) is 1. The van der Waals surface area contributed by atoms with Gasteiger partial charge in [0, 0.05) is 0 Å². The molecule has 3 aromatic rings. The Morgan fingerprint density at radius 3 is 2.21 bits per heavy atom. The number of nitriles is 1. The quantitative estimate of drug-likeness (QED) is 0.724. The van der Waals surface area contributed by atoms with Crippen molar-refractivity contribution in [2.45, 2.75) is 12.1 Å². The zero-order chi connectivity index (χ0) is 19.9. The first kappa shape index (κ1) is 17.7. The number of halogens is 3. The second kappa shape index (κ2) is 6.46. The molecule has 1 aromatic heterocycles. The van der Waals surface area contributed by atoms with Gasteiger partial charge in [0.1, 0.15) is 11.6 Å². The van der Waals surface area contributed by atoms with E-state index >= 15 is 0 Å². The minimum atomic E-state index is -4.74. The van der Waals surface area contributed by atoms with Crippen LogP contribution >= 0.6 is 0 Å². The highest BCUT2D eigenvalue weighted by atomic mass is 19.4. The Hall–Kier alpha value is -3.73. The summed E-state index contributed by atoms with van der Waals surface area (Å²) in [5.74, 6) is -1.43. The van der Waals surface area contributed by atoms with Crippen LogP contribution in [0.25, 0.3) is 5.69 Å². The summed E-state index contributed by atoms with van der Waals surface area (Å²) < 4.78 is 48.1. The van der Waals surface area contributed by atoms with Crippen LogP contribution in [0, 0.1) is 11.3 Å². The van der Waals surface area contributed by atoms with Gasteiger partial charge >= 0.3 is 6.18 Å². The lowest BCUT2D eigenvalue weighted by Crippen LogP contribution is -2.23. The van der Waals surface area contributed by atoms with Crippen LogP contribution in [0.15, 0.2) is 72.1 Å². The average Bonchev–Trinajstić information content (AvgIpc) is 3.07. The van der Waals surface area contributed by atoms with Crippen molar-refractivity contribution < 1.29 is 17.9 Å². The van der Waals surface area contributed by atoms with Gasteiger partial charge < -0.3 is 10.5 Å². The molecule has 28 heavy (non-hydrogen) atoms. The Balaban J connectivity index is 2.05. The number of nitrogens with zero attached hydrogens (tertiary/aromatic N) is 3. The topological polar surface area (TPSA) is 76.9 Å². The third-order valence-electron chi connectivity index (χ3n) is 4.45. The van der Waals surface area contributed by atoms with Crippen LogP contribution in [0.4, 0.5) is 13.2 Å². The Morgan fingerprint density at radius 2 is 1.64 bits per heavy atom. The molecule has 8 heteroatoms. The number of ether oxygens (including phenoxy) is 1. The van der Waals surface area contributed by atoms with Gasteiger partial charge in [-0.3, -0.25) is 0 Å². The van der Waals surface area contributed by atoms with Crippen LogP contribution in [-0.2, 0) is 6.18 Å². The van der Waals surface area contributed by atoms with E-state index in [2.05, 4.69) is 5.10 Å². The fourth-order valence-corrected chi connectivity index (χ4v) is 3.27. The van der Waals surface area contributed by atoms with E-state index in [1.54, 1.807) is 60.7 Å². The molecular weight excluding hydrogens is 369 g/mol. The van der Waals surface area contributed by atoms with Gasteiger partial charge in [-0.2, -0.15) is 28.2 Å². The van der Waals surface area contributed by atoms with Crippen LogP contribution in [0.3, 0.4) is 0 Å². The Bertz CT molecular complexity index is 1100. The molecule has 0 aliphatic carbocycles. The van der Waals surface area contributed by atoms with E-state index < -0.39 is 17.8 Å². The van der Waals surface area contributed by atoms with Crippen molar-refractivity contribution in [1.82, 2.24) is 9.78 Å². The Kier molecular flexibility index (Phi) is 4.08. The summed E-state index contributed by atoms with van der Waals surface area (Å²) in [6, 6.07) is 18.6. The van der Waals surface area contributed by atoms with Crippen LogP contribution in [0.5, 0.6) is 5.88 Å². The van der Waals surface area contributed by atoms with Crippen molar-refractivity contribution in [3.63, 3.8) is 0 Å². The Morgan fingerprint density at radius 1 is 1.04 bits per heavy atom. The zero-order valence-electron chi connectivity index (χ0n) is 14.3. The van der Waals surface area contributed by atoms with E-state index in [9.17, 15) is 18.4 Å². The van der Waals surface area contributed by atoms with E-state index in [-0.39, 0.29) is 22.9 Å². The molecule has 5 nitrogen and oxygen atoms in total. The number of allylic oxidation sites excluding steroid dienone is 1. The minimum absolute atomic E-state index is 0.0863. The van der Waals surface area contributed by atoms with Crippen LogP contribution < -0.4 is 10.5 Å². The summed E-state index contributed by atoms with van der Waals surface area (Å²) >= 11 is 0. The fraction of sp³-hybridized carbons (Fsp3) is 0.100. The molecule has 0 saturated heterocycles. The molecule has 1 aliphatic heterocycles. The molecule has 0 bridgehead atoms. The molecule has 0 fully saturated rings. The highest BCUT2D eigenvalue weighted by Gasteiger charge is 2.46. The van der Waals surface area contributed by atoms with Crippen LogP contribution in [0.2, 0.25) is 0 Å². The molecule has 0 spiro atoms. The first-order chi connectivity index (χ1) is 13.4. The SMILES string of the molecule is N#CC1=C(N)Oc2c(c(C(F)(F)F)nn2-c2ccccc2)[C@H]1c1ccccc1. The van der Waals surface area contributed by atoms with Gasteiger partial charge in [0.2, 0.25) is 11.8 Å². The minimum Gasteiger partial charge on any atom is -0.422 e. The molecule has 1 aliphatic rings. The lowest BCUT2D eigenvalue weighted by Gasteiger charge is -2.25. The summed E-state index contributed by atoms with van der Waals surface area (Å²) in [5.41, 5.74) is 5.36. The highest BCUT2D eigenvalue weighted by Crippen LogP contribution is 2.48. The highest BCUT2D eigenvalue weighted by molar-refractivity contribution is 5.57. The maximum Gasteiger partial charge on any atom is 0.435 e. The maximum atomic E-state index is 13.9.